The fourth-order valence-corrected chi connectivity index (χ4v) is 3.68. The Hall–Kier alpha value is -0.370. The number of hydrogen-bond donors (Lipinski definition) is 2. The van der Waals surface area contributed by atoms with E-state index < -0.39 is 15.6 Å². The van der Waals surface area contributed by atoms with Crippen LogP contribution in [0.5, 0.6) is 0 Å². The van der Waals surface area contributed by atoms with Gasteiger partial charge < -0.3 is 10.6 Å². The minimum Gasteiger partial charge on any atom is -0.339 e. The molecule has 1 atom stereocenters. The Morgan fingerprint density at radius 1 is 1.37 bits per heavy atom. The third-order valence-corrected chi connectivity index (χ3v) is 4.54. The molecule has 1 aliphatic heterocycles. The van der Waals surface area contributed by atoms with E-state index in [1.165, 1.54) is 0 Å². The van der Waals surface area contributed by atoms with E-state index in [4.69, 9.17) is 5.73 Å². The smallest absolute Gasteiger partial charge is 0.242 e. The standard InChI is InChI=1S/C11H21N3O3S.ClH/c1-18(16,17)13-9-4-7-14(8-9)10(15)11(12)5-2-3-6-11;/h9,13H,2-8,12H2,1H3;1H. The Kier molecular flexibility index (Phi) is 5.22. The number of carbonyl (C=O) groups is 1. The second-order valence-electron chi connectivity index (χ2n) is 5.49. The molecule has 0 aromatic heterocycles. The quantitative estimate of drug-likeness (QED) is 0.757. The molecule has 2 fully saturated rings. The van der Waals surface area contributed by atoms with E-state index >= 15 is 0 Å². The van der Waals surface area contributed by atoms with Gasteiger partial charge in [-0.05, 0) is 19.3 Å². The number of halogens is 1. The molecular formula is C11H22ClN3O3S. The monoisotopic (exact) mass is 311 g/mol. The molecule has 6 nitrogen and oxygen atoms in total. The summed E-state index contributed by atoms with van der Waals surface area (Å²) in [5.74, 6) is -0.0159. The van der Waals surface area contributed by atoms with Crippen molar-refractivity contribution in [2.45, 2.75) is 43.7 Å². The summed E-state index contributed by atoms with van der Waals surface area (Å²) in [5, 5.41) is 0. The van der Waals surface area contributed by atoms with Gasteiger partial charge in [0.15, 0.2) is 0 Å². The first-order valence-electron chi connectivity index (χ1n) is 6.36. The predicted molar refractivity (Wildman–Crippen MR) is 75.6 cm³/mol. The van der Waals surface area contributed by atoms with E-state index in [0.29, 0.717) is 19.5 Å². The Balaban J connectivity index is 0.00000180. The lowest BCUT2D eigenvalue weighted by molar-refractivity contribution is -0.135. The van der Waals surface area contributed by atoms with Gasteiger partial charge in [-0.15, -0.1) is 12.4 Å². The number of sulfonamides is 1. The van der Waals surface area contributed by atoms with Crippen molar-refractivity contribution in [2.24, 2.45) is 5.73 Å². The molecule has 0 aromatic rings. The van der Waals surface area contributed by atoms with Gasteiger partial charge in [0.2, 0.25) is 15.9 Å². The topological polar surface area (TPSA) is 92.5 Å². The third kappa shape index (κ3) is 4.05. The molecule has 0 radical (unpaired) electrons. The van der Waals surface area contributed by atoms with Crippen molar-refractivity contribution < 1.29 is 13.2 Å². The molecule has 8 heteroatoms. The molecule has 1 heterocycles. The molecule has 1 amide bonds. The van der Waals surface area contributed by atoms with E-state index in [9.17, 15) is 13.2 Å². The normalized spacial score (nSPS) is 26.2. The summed E-state index contributed by atoms with van der Waals surface area (Å²) in [6, 6.07) is -0.172. The molecule has 1 saturated heterocycles. The number of nitrogens with one attached hydrogen (secondary N) is 1. The fourth-order valence-electron chi connectivity index (χ4n) is 2.88. The van der Waals surface area contributed by atoms with Crippen molar-refractivity contribution in [3.63, 3.8) is 0 Å². The molecule has 1 saturated carbocycles. The van der Waals surface area contributed by atoms with Crippen LogP contribution in [-0.4, -0.2) is 50.2 Å². The van der Waals surface area contributed by atoms with Gasteiger partial charge >= 0.3 is 0 Å². The molecule has 112 valence electrons. The Labute approximate surface area is 120 Å². The van der Waals surface area contributed by atoms with Crippen molar-refractivity contribution in [2.75, 3.05) is 19.3 Å². The van der Waals surface area contributed by atoms with E-state index in [2.05, 4.69) is 4.72 Å². The Morgan fingerprint density at radius 2 is 1.95 bits per heavy atom. The Bertz CT molecular complexity index is 434. The van der Waals surface area contributed by atoms with Gasteiger partial charge in [-0.3, -0.25) is 4.79 Å². The number of nitrogens with two attached hydrogens (primary N) is 1. The summed E-state index contributed by atoms with van der Waals surface area (Å²) in [7, 11) is -3.21. The van der Waals surface area contributed by atoms with Crippen LogP contribution < -0.4 is 10.5 Å². The molecular weight excluding hydrogens is 290 g/mol. The van der Waals surface area contributed by atoms with Gasteiger partial charge in [0.25, 0.3) is 0 Å². The largest absolute Gasteiger partial charge is 0.339 e. The van der Waals surface area contributed by atoms with Gasteiger partial charge in [-0.25, -0.2) is 13.1 Å². The van der Waals surface area contributed by atoms with Crippen molar-refractivity contribution >= 4 is 28.3 Å². The van der Waals surface area contributed by atoms with Gasteiger partial charge in [0.05, 0.1) is 11.8 Å². The van der Waals surface area contributed by atoms with E-state index in [0.717, 1.165) is 31.9 Å². The van der Waals surface area contributed by atoms with Crippen molar-refractivity contribution in [1.29, 1.82) is 0 Å². The summed E-state index contributed by atoms with van der Waals surface area (Å²) in [4.78, 5) is 14.0. The molecule has 0 spiro atoms. The third-order valence-electron chi connectivity index (χ3n) is 3.78. The predicted octanol–water partition coefficient (Wildman–Crippen LogP) is -0.170. The maximum atomic E-state index is 12.3. The number of nitrogens with zero attached hydrogens (tertiary/aromatic N) is 1. The number of rotatable bonds is 3. The summed E-state index contributed by atoms with van der Waals surface area (Å²) >= 11 is 0. The molecule has 0 bridgehead atoms. The molecule has 19 heavy (non-hydrogen) atoms. The fraction of sp³-hybridized carbons (Fsp3) is 0.909. The van der Waals surface area contributed by atoms with Crippen molar-refractivity contribution in [1.82, 2.24) is 9.62 Å². The van der Waals surface area contributed by atoms with Crippen LogP contribution in [0.1, 0.15) is 32.1 Å². The van der Waals surface area contributed by atoms with Crippen LogP contribution in [0.15, 0.2) is 0 Å². The zero-order valence-electron chi connectivity index (χ0n) is 11.1. The molecule has 3 N–H and O–H groups in total. The van der Waals surface area contributed by atoms with Crippen LogP contribution in [-0.2, 0) is 14.8 Å². The van der Waals surface area contributed by atoms with Gasteiger partial charge in [0.1, 0.15) is 0 Å². The Morgan fingerprint density at radius 3 is 2.47 bits per heavy atom. The van der Waals surface area contributed by atoms with Crippen LogP contribution in [0.25, 0.3) is 0 Å². The second kappa shape index (κ2) is 5.95. The second-order valence-corrected chi connectivity index (χ2v) is 7.27. The summed E-state index contributed by atoms with van der Waals surface area (Å²) < 4.78 is 24.8. The number of amides is 1. The maximum absolute atomic E-state index is 12.3. The SMILES string of the molecule is CS(=O)(=O)NC1CCN(C(=O)C2(N)CCCC2)C1.Cl. The average Bonchev–Trinajstić information content (AvgIpc) is 2.85. The summed E-state index contributed by atoms with van der Waals surface area (Å²) in [6.45, 7) is 1.02. The lowest BCUT2D eigenvalue weighted by atomic mass is 9.97. The summed E-state index contributed by atoms with van der Waals surface area (Å²) in [6.07, 6.45) is 5.29. The van der Waals surface area contributed by atoms with Gasteiger partial charge in [-0.2, -0.15) is 0 Å². The maximum Gasteiger partial charge on any atom is 0.242 e. The highest BCUT2D eigenvalue weighted by Crippen LogP contribution is 2.30. The zero-order valence-corrected chi connectivity index (χ0v) is 12.7. The highest BCUT2D eigenvalue weighted by Gasteiger charge is 2.42. The summed E-state index contributed by atoms with van der Waals surface area (Å²) in [5.41, 5.74) is 5.42. The van der Waals surface area contributed by atoms with E-state index in [1.807, 2.05) is 0 Å². The van der Waals surface area contributed by atoms with Gasteiger partial charge in [-0.1, -0.05) is 12.8 Å². The van der Waals surface area contributed by atoms with Crippen molar-refractivity contribution in [3.8, 4) is 0 Å². The van der Waals surface area contributed by atoms with Crippen LogP contribution in [0.3, 0.4) is 0 Å². The number of likely N-dealkylation sites (tertiary alicyclic amines) is 1. The average molecular weight is 312 g/mol. The van der Waals surface area contributed by atoms with Gasteiger partial charge in [0, 0.05) is 19.1 Å². The van der Waals surface area contributed by atoms with Crippen LogP contribution in [0, 0.1) is 0 Å². The zero-order chi connectivity index (χ0) is 13.4. The number of carbonyl (C=O) groups excluding carboxylic acids is 1. The minimum atomic E-state index is -3.21. The lowest BCUT2D eigenvalue weighted by Crippen LogP contribution is -2.53. The molecule has 1 aliphatic carbocycles. The van der Waals surface area contributed by atoms with E-state index in [1.54, 1.807) is 4.90 Å². The first-order valence-corrected chi connectivity index (χ1v) is 8.25. The highest BCUT2D eigenvalue weighted by atomic mass is 35.5. The van der Waals surface area contributed by atoms with Crippen LogP contribution in [0.2, 0.25) is 0 Å². The van der Waals surface area contributed by atoms with Crippen molar-refractivity contribution in [3.05, 3.63) is 0 Å². The molecule has 2 aliphatic rings. The lowest BCUT2D eigenvalue weighted by Gasteiger charge is -2.28. The first-order chi connectivity index (χ1) is 8.30. The molecule has 1 unspecified atom stereocenters. The molecule has 2 rings (SSSR count). The first kappa shape index (κ1) is 16.7. The van der Waals surface area contributed by atoms with Crippen LogP contribution >= 0.6 is 12.4 Å². The van der Waals surface area contributed by atoms with Crippen LogP contribution in [0.4, 0.5) is 0 Å². The molecule has 0 aromatic carbocycles. The number of hydrogen-bond acceptors (Lipinski definition) is 4. The minimum absolute atomic E-state index is 0. The highest BCUT2D eigenvalue weighted by molar-refractivity contribution is 7.88. The van der Waals surface area contributed by atoms with E-state index in [-0.39, 0.29) is 24.4 Å².